The maximum absolute atomic E-state index is 13.9. The zero-order chi connectivity index (χ0) is 18.3. The molecule has 1 aromatic heterocycles. The molecule has 0 saturated heterocycles. The van der Waals surface area contributed by atoms with Crippen LogP contribution >= 0.6 is 0 Å². The van der Waals surface area contributed by atoms with Crippen LogP contribution in [0, 0.1) is 5.82 Å². The van der Waals surface area contributed by atoms with Crippen molar-refractivity contribution in [3.63, 3.8) is 0 Å². The minimum Gasteiger partial charge on any atom is -0.361 e. The van der Waals surface area contributed by atoms with Crippen molar-refractivity contribution in [2.75, 3.05) is 0 Å². The van der Waals surface area contributed by atoms with Crippen molar-refractivity contribution in [3.8, 4) is 11.1 Å². The number of benzene rings is 1. The number of hydrogen-bond acceptors (Lipinski definition) is 5. The van der Waals surface area contributed by atoms with Gasteiger partial charge in [-0.1, -0.05) is 12.1 Å². The quantitative estimate of drug-likeness (QED) is 0.773. The Morgan fingerprint density at radius 2 is 2.15 bits per heavy atom. The number of nitrogens with one attached hydrogen (secondary N) is 2. The Bertz CT molecular complexity index is 881. The van der Waals surface area contributed by atoms with Gasteiger partial charge in [0.1, 0.15) is 12.1 Å². The summed E-state index contributed by atoms with van der Waals surface area (Å²) in [6.45, 7) is 1.89. The highest BCUT2D eigenvalue weighted by atomic mass is 19.1. The first kappa shape index (κ1) is 16.9. The fourth-order valence-corrected chi connectivity index (χ4v) is 4.10. The summed E-state index contributed by atoms with van der Waals surface area (Å²) in [6, 6.07) is 8.41. The molecule has 1 saturated carbocycles. The van der Waals surface area contributed by atoms with Crippen LogP contribution in [0.3, 0.4) is 0 Å². The molecule has 0 amide bonds. The van der Waals surface area contributed by atoms with Crippen molar-refractivity contribution in [2.45, 2.75) is 38.0 Å². The molecule has 1 aromatic carbocycles. The predicted octanol–water partition coefficient (Wildman–Crippen LogP) is 2.41. The summed E-state index contributed by atoms with van der Waals surface area (Å²) in [5.41, 5.74) is 10.2. The van der Waals surface area contributed by atoms with E-state index in [9.17, 15) is 9.18 Å². The Kier molecular flexibility index (Phi) is 4.30. The first-order valence-corrected chi connectivity index (χ1v) is 8.75. The highest BCUT2D eigenvalue weighted by Crippen LogP contribution is 2.40. The third-order valence-electron chi connectivity index (χ3n) is 5.19. The van der Waals surface area contributed by atoms with Crippen molar-refractivity contribution in [1.82, 2.24) is 15.6 Å². The molecular formula is C20H21FN4O. The molecule has 0 spiro atoms. The molecule has 2 heterocycles. The number of Topliss-reactive ketones (excluding diaryl/α,β-unsaturated/α-hetero) is 1. The molecule has 4 N–H and O–H groups in total. The number of fused-ring (bicyclic) bond motifs is 1. The first-order valence-electron chi connectivity index (χ1n) is 8.75. The van der Waals surface area contributed by atoms with Gasteiger partial charge in [0.15, 0.2) is 5.78 Å². The van der Waals surface area contributed by atoms with Crippen LogP contribution in [0.1, 0.15) is 31.2 Å². The van der Waals surface area contributed by atoms with Gasteiger partial charge >= 0.3 is 0 Å². The van der Waals surface area contributed by atoms with Crippen molar-refractivity contribution < 1.29 is 9.18 Å². The van der Waals surface area contributed by atoms with Gasteiger partial charge in [0.05, 0.1) is 0 Å². The Balaban J connectivity index is 1.73. The van der Waals surface area contributed by atoms with Gasteiger partial charge in [0, 0.05) is 41.7 Å². The monoisotopic (exact) mass is 352 g/mol. The summed E-state index contributed by atoms with van der Waals surface area (Å²) < 4.78 is 13.9. The number of pyridine rings is 1. The molecule has 1 aliphatic carbocycles. The average Bonchev–Trinajstić information content (AvgIpc) is 2.61. The van der Waals surface area contributed by atoms with Crippen LogP contribution in [0.25, 0.3) is 11.1 Å². The third-order valence-corrected chi connectivity index (χ3v) is 5.19. The summed E-state index contributed by atoms with van der Waals surface area (Å²) in [7, 11) is 0. The molecule has 6 heteroatoms. The number of hydrogen-bond donors (Lipinski definition) is 3. The van der Waals surface area contributed by atoms with Crippen molar-refractivity contribution in [2.24, 2.45) is 5.73 Å². The van der Waals surface area contributed by atoms with E-state index in [1.807, 2.05) is 19.1 Å². The lowest BCUT2D eigenvalue weighted by Gasteiger charge is -2.39. The van der Waals surface area contributed by atoms with Crippen LogP contribution in [0.4, 0.5) is 4.39 Å². The van der Waals surface area contributed by atoms with Gasteiger partial charge in [-0.2, -0.15) is 0 Å². The molecule has 0 bridgehead atoms. The van der Waals surface area contributed by atoms with Crippen LogP contribution in [-0.4, -0.2) is 23.1 Å². The Morgan fingerprint density at radius 3 is 2.92 bits per heavy atom. The summed E-state index contributed by atoms with van der Waals surface area (Å²) in [5.74, 6) is -0.192. The molecule has 4 rings (SSSR count). The summed E-state index contributed by atoms with van der Waals surface area (Å²) in [6.07, 6.45) is 4.18. The minimum absolute atomic E-state index is 0.00217. The van der Waals surface area contributed by atoms with E-state index < -0.39 is 0 Å². The Labute approximate surface area is 151 Å². The van der Waals surface area contributed by atoms with Crippen LogP contribution < -0.4 is 16.4 Å². The number of nitrogens with zero attached hydrogens (tertiary/aromatic N) is 1. The molecule has 26 heavy (non-hydrogen) atoms. The number of halogens is 1. The van der Waals surface area contributed by atoms with Crippen LogP contribution in [0.5, 0.6) is 0 Å². The number of ketones is 1. The highest BCUT2D eigenvalue weighted by Gasteiger charge is 2.37. The van der Waals surface area contributed by atoms with E-state index in [1.165, 1.54) is 12.1 Å². The maximum atomic E-state index is 13.9. The third kappa shape index (κ3) is 3.02. The van der Waals surface area contributed by atoms with Gasteiger partial charge < -0.3 is 5.32 Å². The number of allylic oxidation sites excluding steroid dienone is 1. The number of carbonyl (C=O) groups excluding carboxylic acids is 1. The number of carbonyl (C=O) groups is 1. The van der Waals surface area contributed by atoms with E-state index in [4.69, 9.17) is 5.73 Å². The molecule has 1 fully saturated rings. The lowest BCUT2D eigenvalue weighted by molar-refractivity contribution is -0.117. The van der Waals surface area contributed by atoms with Crippen LogP contribution in [-0.2, 0) is 4.79 Å². The Morgan fingerprint density at radius 1 is 1.31 bits per heavy atom. The van der Waals surface area contributed by atoms with Gasteiger partial charge in [-0.25, -0.2) is 4.39 Å². The van der Waals surface area contributed by atoms with E-state index in [-0.39, 0.29) is 29.8 Å². The fourth-order valence-electron chi connectivity index (χ4n) is 4.10. The van der Waals surface area contributed by atoms with Gasteiger partial charge in [-0.05, 0) is 48.6 Å². The highest BCUT2D eigenvalue weighted by molar-refractivity contribution is 5.99. The number of nitrogens with two attached hydrogens (primary N) is 1. The molecule has 134 valence electrons. The predicted molar refractivity (Wildman–Crippen MR) is 97.3 cm³/mol. The van der Waals surface area contributed by atoms with E-state index in [0.29, 0.717) is 6.42 Å². The van der Waals surface area contributed by atoms with Crippen molar-refractivity contribution in [1.29, 1.82) is 0 Å². The van der Waals surface area contributed by atoms with Gasteiger partial charge in [-0.15, -0.1) is 0 Å². The molecule has 1 aliphatic heterocycles. The summed E-state index contributed by atoms with van der Waals surface area (Å²) in [5, 5.41) is 6.33. The van der Waals surface area contributed by atoms with Gasteiger partial charge in [0.2, 0.25) is 0 Å². The largest absolute Gasteiger partial charge is 0.361 e. The maximum Gasteiger partial charge on any atom is 0.162 e. The lowest BCUT2D eigenvalue weighted by Crippen LogP contribution is -2.59. The van der Waals surface area contributed by atoms with Crippen molar-refractivity contribution >= 4 is 5.78 Å². The normalized spacial score (nSPS) is 25.7. The Hall–Kier alpha value is -2.57. The second kappa shape index (κ2) is 6.63. The zero-order valence-electron chi connectivity index (χ0n) is 14.5. The second-order valence-corrected chi connectivity index (χ2v) is 6.91. The molecular weight excluding hydrogens is 331 g/mol. The summed E-state index contributed by atoms with van der Waals surface area (Å²) >= 11 is 0. The van der Waals surface area contributed by atoms with E-state index in [0.717, 1.165) is 34.4 Å². The van der Waals surface area contributed by atoms with E-state index >= 15 is 0 Å². The number of rotatable bonds is 2. The smallest absolute Gasteiger partial charge is 0.162 e. The summed E-state index contributed by atoms with van der Waals surface area (Å²) in [4.78, 5) is 16.9. The van der Waals surface area contributed by atoms with Gasteiger partial charge in [-0.3, -0.25) is 20.8 Å². The molecule has 2 aliphatic rings. The number of aromatic nitrogens is 1. The minimum atomic E-state index is -0.374. The fraction of sp³-hybridized carbons (Fsp3) is 0.300. The standard InChI is InChI=1S/C20H21FN4O/c1-11-19-17(25-20(22)24-11)7-13(8-18(19)26)15-5-4-14(21)9-16(15)12-3-2-6-23-10-12/h2-6,9-10,13,17,20,24-25H,7-8,22H2,1H3. The molecule has 5 nitrogen and oxygen atoms in total. The molecule has 2 aromatic rings. The molecule has 0 radical (unpaired) electrons. The van der Waals surface area contributed by atoms with Crippen LogP contribution in [0.15, 0.2) is 54.0 Å². The zero-order valence-corrected chi connectivity index (χ0v) is 14.5. The average molecular weight is 352 g/mol. The van der Waals surface area contributed by atoms with Crippen molar-refractivity contribution in [3.05, 3.63) is 65.4 Å². The lowest BCUT2D eigenvalue weighted by atomic mass is 9.75. The van der Waals surface area contributed by atoms with Gasteiger partial charge in [0.25, 0.3) is 0 Å². The SMILES string of the molecule is CC1=C2C(=O)CC(c3ccc(F)cc3-c3cccnc3)CC2NC(N)N1. The van der Waals surface area contributed by atoms with E-state index in [1.54, 1.807) is 18.5 Å². The topological polar surface area (TPSA) is 80.0 Å². The second-order valence-electron chi connectivity index (χ2n) is 6.91. The first-order chi connectivity index (χ1) is 12.5. The molecule has 3 atom stereocenters. The molecule has 3 unspecified atom stereocenters. The van der Waals surface area contributed by atoms with Crippen LogP contribution in [0.2, 0.25) is 0 Å². The van der Waals surface area contributed by atoms with E-state index in [2.05, 4.69) is 15.6 Å².